The Labute approximate surface area is 171 Å². The van der Waals surface area contributed by atoms with E-state index >= 15 is 0 Å². The van der Waals surface area contributed by atoms with Gasteiger partial charge in [-0.3, -0.25) is 24.0 Å². The number of hydrogen-bond acceptors (Lipinski definition) is 5. The highest BCUT2D eigenvalue weighted by Gasteiger charge is 2.76. The van der Waals surface area contributed by atoms with E-state index in [1.165, 1.54) is 0 Å². The second-order valence-corrected chi connectivity index (χ2v) is 10.2. The van der Waals surface area contributed by atoms with Gasteiger partial charge in [0.1, 0.15) is 5.78 Å². The van der Waals surface area contributed by atoms with Crippen LogP contribution in [0.2, 0.25) is 0 Å². The van der Waals surface area contributed by atoms with Crippen molar-refractivity contribution >= 4 is 29.7 Å². The Balaban J connectivity index is 1.50. The van der Waals surface area contributed by atoms with Crippen molar-refractivity contribution in [3.8, 4) is 0 Å². The Hall–Kier alpha value is -2.45. The highest BCUT2D eigenvalue weighted by atomic mass is 16.4. The number of aliphatic carboxylic acids is 4. The lowest BCUT2D eigenvalue weighted by Gasteiger charge is -2.43. The van der Waals surface area contributed by atoms with Crippen LogP contribution in [0.4, 0.5) is 0 Å². The first-order valence-corrected chi connectivity index (χ1v) is 10.5. The molecule has 0 aromatic rings. The van der Waals surface area contributed by atoms with Crippen molar-refractivity contribution in [1.29, 1.82) is 0 Å². The minimum atomic E-state index is -1.19. The number of carbonyl (C=O) groups is 5. The second kappa shape index (κ2) is 5.82. The largest absolute Gasteiger partial charge is 0.481 e. The average molecular weight is 420 g/mol. The standard InChI is InChI=1S/C21H24O9/c22-15(23)11-7-3-9(13(11)17(26)27)20(5-7)1-2-21(19(20)30)6-8-4-10(21)14(18(28)29)12(8)16(24)25/h7-14H,1-6H2,(H,22,23)(H,24,25)(H,26,27)(H,28,29). The van der Waals surface area contributed by atoms with Crippen molar-refractivity contribution in [3.63, 3.8) is 0 Å². The van der Waals surface area contributed by atoms with E-state index in [4.69, 9.17) is 0 Å². The van der Waals surface area contributed by atoms with Crippen LogP contribution in [0.1, 0.15) is 38.5 Å². The van der Waals surface area contributed by atoms with E-state index < -0.39 is 70.2 Å². The van der Waals surface area contributed by atoms with E-state index in [2.05, 4.69) is 0 Å². The molecule has 0 aromatic carbocycles. The van der Waals surface area contributed by atoms with Gasteiger partial charge in [-0.05, 0) is 62.2 Å². The lowest BCUT2D eigenvalue weighted by molar-refractivity contribution is -0.164. The minimum Gasteiger partial charge on any atom is -0.481 e. The van der Waals surface area contributed by atoms with Gasteiger partial charge in [-0.1, -0.05) is 0 Å². The summed E-state index contributed by atoms with van der Waals surface area (Å²) in [6, 6.07) is 0. The molecule has 30 heavy (non-hydrogen) atoms. The van der Waals surface area contributed by atoms with Gasteiger partial charge in [-0.2, -0.15) is 0 Å². The summed E-state index contributed by atoms with van der Waals surface area (Å²) in [7, 11) is 0. The molecule has 5 aliphatic carbocycles. The van der Waals surface area contributed by atoms with Crippen molar-refractivity contribution in [2.75, 3.05) is 0 Å². The summed E-state index contributed by atoms with van der Waals surface area (Å²) in [5, 5.41) is 38.6. The third-order valence-corrected chi connectivity index (χ3v) is 9.50. The number of hydrogen-bond donors (Lipinski definition) is 4. The summed E-state index contributed by atoms with van der Waals surface area (Å²) in [5.41, 5.74) is -1.82. The fraction of sp³-hybridized carbons (Fsp3) is 0.762. The lowest BCUT2D eigenvalue weighted by Crippen LogP contribution is -2.51. The van der Waals surface area contributed by atoms with Gasteiger partial charge in [0.05, 0.1) is 23.7 Å². The molecule has 4 bridgehead atoms. The molecule has 10 atom stereocenters. The Bertz CT molecular complexity index is 825. The first-order chi connectivity index (χ1) is 14.0. The van der Waals surface area contributed by atoms with Crippen LogP contribution >= 0.6 is 0 Å². The monoisotopic (exact) mass is 420 g/mol. The number of fused-ring (bicyclic) bond motifs is 6. The van der Waals surface area contributed by atoms with Crippen molar-refractivity contribution in [2.24, 2.45) is 58.2 Å². The summed E-state index contributed by atoms with van der Waals surface area (Å²) in [6.07, 6.45) is 2.35. The molecule has 5 aliphatic rings. The maximum absolute atomic E-state index is 13.9. The molecule has 4 N–H and O–H groups in total. The molecule has 0 aromatic heterocycles. The fourth-order valence-corrected chi connectivity index (χ4v) is 8.75. The Morgan fingerprint density at radius 3 is 1.27 bits per heavy atom. The zero-order valence-electron chi connectivity index (χ0n) is 16.2. The van der Waals surface area contributed by atoms with Crippen molar-refractivity contribution < 1.29 is 44.4 Å². The summed E-state index contributed by atoms with van der Waals surface area (Å²) < 4.78 is 0. The fourth-order valence-electron chi connectivity index (χ4n) is 8.75. The third kappa shape index (κ3) is 2.06. The molecule has 5 rings (SSSR count). The maximum atomic E-state index is 13.9. The van der Waals surface area contributed by atoms with E-state index in [9.17, 15) is 44.4 Å². The van der Waals surface area contributed by atoms with Gasteiger partial charge >= 0.3 is 23.9 Å². The Kier molecular flexibility index (Phi) is 3.79. The van der Waals surface area contributed by atoms with Crippen molar-refractivity contribution in [2.45, 2.75) is 38.5 Å². The molecule has 162 valence electrons. The molecular formula is C21H24O9. The highest BCUT2D eigenvalue weighted by Crippen LogP contribution is 2.74. The zero-order chi connectivity index (χ0) is 21.7. The van der Waals surface area contributed by atoms with Crippen LogP contribution in [0.5, 0.6) is 0 Å². The summed E-state index contributed by atoms with van der Waals surface area (Å²) in [4.78, 5) is 61.2. The SMILES string of the molecule is O=C(O)C1C2CC(C1C(=O)O)C1(CCC3(CC4CC3C(C(=O)O)C4C(=O)O)C1=O)C2. The van der Waals surface area contributed by atoms with E-state index in [1.807, 2.05) is 0 Å². The van der Waals surface area contributed by atoms with E-state index in [0.717, 1.165) is 0 Å². The van der Waals surface area contributed by atoms with E-state index in [0.29, 0.717) is 38.5 Å². The van der Waals surface area contributed by atoms with Gasteiger partial charge < -0.3 is 20.4 Å². The minimum absolute atomic E-state index is 0.111. The second-order valence-electron chi connectivity index (χ2n) is 10.2. The van der Waals surface area contributed by atoms with Crippen LogP contribution in [0.3, 0.4) is 0 Å². The first-order valence-electron chi connectivity index (χ1n) is 10.5. The van der Waals surface area contributed by atoms with Crippen LogP contribution in [0.15, 0.2) is 0 Å². The van der Waals surface area contributed by atoms with Crippen molar-refractivity contribution in [1.82, 2.24) is 0 Å². The van der Waals surface area contributed by atoms with Gasteiger partial charge in [0.2, 0.25) is 0 Å². The normalized spacial score (nSPS) is 50.6. The van der Waals surface area contributed by atoms with Crippen LogP contribution in [-0.2, 0) is 24.0 Å². The molecule has 0 heterocycles. The van der Waals surface area contributed by atoms with Crippen LogP contribution in [-0.4, -0.2) is 50.1 Å². The third-order valence-electron chi connectivity index (χ3n) is 9.50. The topological polar surface area (TPSA) is 166 Å². The molecule has 9 heteroatoms. The molecular weight excluding hydrogens is 396 g/mol. The predicted molar refractivity (Wildman–Crippen MR) is 96.0 cm³/mol. The number of carbonyl (C=O) groups excluding carboxylic acids is 1. The number of carboxylic acid groups (broad SMARTS) is 4. The molecule has 0 radical (unpaired) electrons. The average Bonchev–Trinajstić information content (AvgIpc) is 3.43. The zero-order valence-corrected chi connectivity index (χ0v) is 16.2. The van der Waals surface area contributed by atoms with Gasteiger partial charge in [-0.25, -0.2) is 0 Å². The Morgan fingerprint density at radius 2 is 0.967 bits per heavy atom. The quantitative estimate of drug-likeness (QED) is 0.522. The number of carboxylic acids is 4. The number of Topliss-reactive ketones (excluding diaryl/α,β-unsaturated/α-hetero) is 1. The number of rotatable bonds is 4. The van der Waals surface area contributed by atoms with Crippen LogP contribution in [0, 0.1) is 58.2 Å². The molecule has 0 saturated heterocycles. The summed E-state index contributed by atoms with van der Waals surface area (Å²) in [5.74, 6) is -10.8. The van der Waals surface area contributed by atoms with Gasteiger partial charge in [-0.15, -0.1) is 0 Å². The maximum Gasteiger partial charge on any atom is 0.307 e. The van der Waals surface area contributed by atoms with Gasteiger partial charge in [0, 0.05) is 10.8 Å². The summed E-state index contributed by atoms with van der Waals surface area (Å²) >= 11 is 0. The van der Waals surface area contributed by atoms with Gasteiger partial charge in [0.15, 0.2) is 0 Å². The van der Waals surface area contributed by atoms with E-state index in [-0.39, 0.29) is 17.6 Å². The first kappa shape index (κ1) is 19.5. The Morgan fingerprint density at radius 1 is 0.633 bits per heavy atom. The lowest BCUT2D eigenvalue weighted by atomic mass is 9.58. The molecule has 0 aliphatic heterocycles. The smallest absolute Gasteiger partial charge is 0.307 e. The van der Waals surface area contributed by atoms with Crippen LogP contribution in [0.25, 0.3) is 0 Å². The molecule has 2 spiro atoms. The van der Waals surface area contributed by atoms with Crippen molar-refractivity contribution in [3.05, 3.63) is 0 Å². The predicted octanol–water partition coefficient (Wildman–Crippen LogP) is 1.20. The number of ketones is 1. The summed E-state index contributed by atoms with van der Waals surface area (Å²) in [6.45, 7) is 0. The van der Waals surface area contributed by atoms with E-state index in [1.54, 1.807) is 0 Å². The molecule has 0 amide bonds. The molecule has 9 nitrogen and oxygen atoms in total. The highest BCUT2D eigenvalue weighted by molar-refractivity contribution is 5.97. The molecule has 5 fully saturated rings. The van der Waals surface area contributed by atoms with Crippen LogP contribution < -0.4 is 0 Å². The molecule has 5 saturated carbocycles. The van der Waals surface area contributed by atoms with Gasteiger partial charge in [0.25, 0.3) is 0 Å². The molecule has 10 unspecified atom stereocenters.